The minimum atomic E-state index is -0.411. The maximum absolute atomic E-state index is 12.1. The molecule has 0 aliphatic heterocycles. The summed E-state index contributed by atoms with van der Waals surface area (Å²) in [7, 11) is 3.02. The number of ketones is 1. The van der Waals surface area contributed by atoms with E-state index in [-0.39, 0.29) is 17.4 Å². The van der Waals surface area contributed by atoms with Gasteiger partial charge in [-0.2, -0.15) is 0 Å². The molecule has 0 N–H and O–H groups in total. The predicted molar refractivity (Wildman–Crippen MR) is 56.4 cm³/mol. The number of ether oxygens (including phenoxy) is 2. The number of hydrogen-bond acceptors (Lipinski definition) is 5. The molecule has 5 nitrogen and oxygen atoms in total. The van der Waals surface area contributed by atoms with Crippen LogP contribution in [0.3, 0.4) is 0 Å². The molecule has 0 amide bonds. The van der Waals surface area contributed by atoms with E-state index in [1.807, 2.05) is 0 Å². The summed E-state index contributed by atoms with van der Waals surface area (Å²) >= 11 is 0. The lowest BCUT2D eigenvalue weighted by Crippen LogP contribution is -2.26. The normalized spacial score (nSPS) is 16.9. The molecule has 0 spiro atoms. The number of methoxy groups -OCH3 is 2. The van der Waals surface area contributed by atoms with Gasteiger partial charge in [-0.3, -0.25) is 4.79 Å². The Kier molecular flexibility index (Phi) is 3.14. The molecule has 1 saturated carbocycles. The van der Waals surface area contributed by atoms with Crippen molar-refractivity contribution in [2.45, 2.75) is 18.9 Å². The van der Waals surface area contributed by atoms with Gasteiger partial charge in [0.15, 0.2) is 5.69 Å². The number of carbonyl (C=O) groups excluding carboxylic acids is 1. The predicted octanol–water partition coefficient (Wildman–Crippen LogP) is 1.09. The van der Waals surface area contributed by atoms with Crippen LogP contribution >= 0.6 is 0 Å². The van der Waals surface area contributed by atoms with Crippen LogP contribution in [-0.4, -0.2) is 36.1 Å². The largest absolute Gasteiger partial charge is 0.479 e. The Morgan fingerprint density at radius 2 is 2.06 bits per heavy atom. The number of hydrogen-bond donors (Lipinski definition) is 0. The molecule has 0 radical (unpaired) electrons. The molecule has 1 fully saturated rings. The first-order chi connectivity index (χ1) is 7.77. The molecule has 1 aromatic rings. The molecule has 16 heavy (non-hydrogen) atoms. The number of aromatic nitrogens is 2. The molecule has 1 unspecified atom stereocenters. The van der Waals surface area contributed by atoms with Crippen LogP contribution in [0, 0.1) is 5.92 Å². The molecule has 1 aliphatic rings. The zero-order valence-electron chi connectivity index (χ0n) is 9.34. The van der Waals surface area contributed by atoms with Gasteiger partial charge in [0.1, 0.15) is 6.10 Å². The van der Waals surface area contributed by atoms with Gasteiger partial charge in [0.25, 0.3) is 0 Å². The Morgan fingerprint density at radius 1 is 1.38 bits per heavy atom. The molecule has 1 aromatic heterocycles. The van der Waals surface area contributed by atoms with Crippen LogP contribution in [0.5, 0.6) is 5.88 Å². The van der Waals surface area contributed by atoms with Crippen molar-refractivity contribution in [2.24, 2.45) is 5.92 Å². The highest BCUT2D eigenvalue weighted by Crippen LogP contribution is 2.36. The van der Waals surface area contributed by atoms with Gasteiger partial charge in [0.05, 0.1) is 7.11 Å². The highest BCUT2D eigenvalue weighted by Gasteiger charge is 2.38. The van der Waals surface area contributed by atoms with Gasteiger partial charge in [-0.1, -0.05) is 0 Å². The second-order valence-electron chi connectivity index (χ2n) is 3.77. The van der Waals surface area contributed by atoms with Gasteiger partial charge >= 0.3 is 0 Å². The van der Waals surface area contributed by atoms with Crippen LogP contribution < -0.4 is 4.74 Å². The maximum atomic E-state index is 12.1. The molecular formula is C11H14N2O3. The van der Waals surface area contributed by atoms with E-state index in [9.17, 15) is 4.79 Å². The second-order valence-corrected chi connectivity index (χ2v) is 3.77. The first-order valence-corrected chi connectivity index (χ1v) is 5.20. The van der Waals surface area contributed by atoms with Crippen molar-refractivity contribution in [1.29, 1.82) is 0 Å². The Hall–Kier alpha value is -1.49. The highest BCUT2D eigenvalue weighted by atomic mass is 16.5. The van der Waals surface area contributed by atoms with E-state index in [4.69, 9.17) is 9.47 Å². The smallest absolute Gasteiger partial charge is 0.243 e. The topological polar surface area (TPSA) is 61.3 Å². The van der Waals surface area contributed by atoms with Gasteiger partial charge in [0, 0.05) is 19.5 Å². The summed E-state index contributed by atoms with van der Waals surface area (Å²) in [6, 6.07) is 0. The average Bonchev–Trinajstić information content (AvgIpc) is 3.14. The maximum Gasteiger partial charge on any atom is 0.243 e. The van der Waals surface area contributed by atoms with E-state index >= 15 is 0 Å². The first-order valence-electron chi connectivity index (χ1n) is 5.20. The number of Topliss-reactive ketones (excluding diaryl/α,β-unsaturated/α-hetero) is 1. The summed E-state index contributed by atoms with van der Waals surface area (Å²) in [5.41, 5.74) is 0.253. The minimum absolute atomic E-state index is 0.144. The van der Waals surface area contributed by atoms with Crippen molar-refractivity contribution in [1.82, 2.24) is 9.97 Å². The van der Waals surface area contributed by atoms with Gasteiger partial charge in [-0.05, 0) is 18.8 Å². The molecule has 0 saturated heterocycles. The lowest BCUT2D eigenvalue weighted by Gasteiger charge is -2.13. The summed E-state index contributed by atoms with van der Waals surface area (Å²) in [5.74, 6) is 0.439. The third kappa shape index (κ3) is 2.04. The van der Waals surface area contributed by atoms with Crippen molar-refractivity contribution in [3.63, 3.8) is 0 Å². The zero-order chi connectivity index (χ0) is 11.5. The number of rotatable bonds is 5. The van der Waals surface area contributed by atoms with Crippen molar-refractivity contribution in [3.8, 4) is 5.88 Å². The van der Waals surface area contributed by atoms with Crippen LogP contribution in [-0.2, 0) is 4.74 Å². The fraction of sp³-hybridized carbons (Fsp3) is 0.545. The van der Waals surface area contributed by atoms with Crippen LogP contribution in [0.4, 0.5) is 0 Å². The molecule has 1 atom stereocenters. The Labute approximate surface area is 93.8 Å². The van der Waals surface area contributed by atoms with Crippen molar-refractivity contribution >= 4 is 5.78 Å². The summed E-state index contributed by atoms with van der Waals surface area (Å²) < 4.78 is 10.2. The lowest BCUT2D eigenvalue weighted by atomic mass is 10.1. The Balaban J connectivity index is 2.24. The zero-order valence-corrected chi connectivity index (χ0v) is 9.34. The molecule has 1 heterocycles. The third-order valence-electron chi connectivity index (χ3n) is 2.65. The average molecular weight is 222 g/mol. The van der Waals surface area contributed by atoms with E-state index in [1.165, 1.54) is 19.5 Å². The van der Waals surface area contributed by atoms with Crippen molar-refractivity contribution in [3.05, 3.63) is 18.1 Å². The van der Waals surface area contributed by atoms with E-state index in [0.717, 1.165) is 12.8 Å². The second kappa shape index (κ2) is 4.57. The van der Waals surface area contributed by atoms with Crippen molar-refractivity contribution in [2.75, 3.05) is 14.2 Å². The standard InChI is InChI=1S/C11H14N2O3/c1-15-10(7-3-4-7)9(14)8-11(16-2)13-6-5-12-8/h5-7,10H,3-4H2,1-2H3. The number of nitrogens with zero attached hydrogens (tertiary/aromatic N) is 2. The van der Waals surface area contributed by atoms with Gasteiger partial charge in [-0.25, -0.2) is 9.97 Å². The Morgan fingerprint density at radius 3 is 2.62 bits per heavy atom. The molecule has 0 aromatic carbocycles. The first kappa shape index (κ1) is 11.0. The van der Waals surface area contributed by atoms with E-state index in [1.54, 1.807) is 7.11 Å². The molecule has 1 aliphatic carbocycles. The molecule has 86 valence electrons. The fourth-order valence-electron chi connectivity index (χ4n) is 1.69. The van der Waals surface area contributed by atoms with E-state index in [0.29, 0.717) is 5.92 Å². The molecule has 2 rings (SSSR count). The fourth-order valence-corrected chi connectivity index (χ4v) is 1.69. The van der Waals surface area contributed by atoms with Crippen molar-refractivity contribution < 1.29 is 14.3 Å². The Bertz CT molecular complexity index is 391. The highest BCUT2D eigenvalue weighted by molar-refractivity contribution is 6.00. The summed E-state index contributed by atoms with van der Waals surface area (Å²) in [6.07, 6.45) is 4.63. The van der Waals surface area contributed by atoms with Crippen LogP contribution in [0.15, 0.2) is 12.4 Å². The monoisotopic (exact) mass is 222 g/mol. The lowest BCUT2D eigenvalue weighted by molar-refractivity contribution is 0.0531. The van der Waals surface area contributed by atoms with Crippen LogP contribution in [0.25, 0.3) is 0 Å². The third-order valence-corrected chi connectivity index (χ3v) is 2.65. The number of carbonyl (C=O) groups is 1. The van der Waals surface area contributed by atoms with Gasteiger partial charge in [0.2, 0.25) is 11.7 Å². The SMILES string of the molecule is COc1nccnc1C(=O)C(OC)C1CC1. The molecular weight excluding hydrogens is 208 g/mol. The van der Waals surface area contributed by atoms with Gasteiger partial charge in [-0.15, -0.1) is 0 Å². The van der Waals surface area contributed by atoms with Crippen LogP contribution in [0.1, 0.15) is 23.3 Å². The molecule has 0 bridgehead atoms. The quantitative estimate of drug-likeness (QED) is 0.698. The van der Waals surface area contributed by atoms with Crippen LogP contribution in [0.2, 0.25) is 0 Å². The summed E-state index contributed by atoms with van der Waals surface area (Å²) in [5, 5.41) is 0. The summed E-state index contributed by atoms with van der Waals surface area (Å²) in [6.45, 7) is 0. The molecule has 5 heteroatoms. The minimum Gasteiger partial charge on any atom is -0.479 e. The van der Waals surface area contributed by atoms with E-state index in [2.05, 4.69) is 9.97 Å². The summed E-state index contributed by atoms with van der Waals surface area (Å²) in [4.78, 5) is 20.1. The van der Waals surface area contributed by atoms with Gasteiger partial charge < -0.3 is 9.47 Å². The van der Waals surface area contributed by atoms with E-state index < -0.39 is 6.10 Å².